The van der Waals surface area contributed by atoms with Crippen molar-refractivity contribution in [2.75, 3.05) is 12.1 Å². The van der Waals surface area contributed by atoms with E-state index in [4.69, 9.17) is 26.5 Å². The first-order valence-electron chi connectivity index (χ1n) is 16.2. The van der Waals surface area contributed by atoms with E-state index in [1.807, 2.05) is 72.8 Å². The van der Waals surface area contributed by atoms with Gasteiger partial charge in [0.05, 0.1) is 22.7 Å². The van der Waals surface area contributed by atoms with Crippen LogP contribution in [0.5, 0.6) is 5.75 Å². The quantitative estimate of drug-likeness (QED) is 0.0581. The molecule has 1 fully saturated rings. The smallest absolute Gasteiger partial charge is 0.323 e. The van der Waals surface area contributed by atoms with Crippen LogP contribution in [0.4, 0.5) is 5.69 Å². The van der Waals surface area contributed by atoms with Gasteiger partial charge in [0, 0.05) is 28.6 Å². The fourth-order valence-corrected chi connectivity index (χ4v) is 8.99. The number of carbonyl (C=O) groups excluding carboxylic acids is 2. The summed E-state index contributed by atoms with van der Waals surface area (Å²) in [4.78, 5) is 31.8. The Labute approximate surface area is 297 Å². The number of anilines is 1. The molecule has 0 aliphatic heterocycles. The molecule has 1 aliphatic carbocycles. The van der Waals surface area contributed by atoms with Crippen LogP contribution in [0.15, 0.2) is 113 Å². The van der Waals surface area contributed by atoms with Gasteiger partial charge < -0.3 is 25.1 Å². The summed E-state index contributed by atoms with van der Waals surface area (Å²) in [5, 5.41) is 18.4. The molecule has 9 nitrogen and oxygen atoms in total. The Morgan fingerprint density at radius 2 is 1.71 bits per heavy atom. The lowest BCUT2D eigenvalue weighted by molar-refractivity contribution is -0.152. The number of aromatic nitrogens is 1. The van der Waals surface area contributed by atoms with E-state index in [1.54, 1.807) is 50.5 Å². The topological polar surface area (TPSA) is 125 Å². The third kappa shape index (κ3) is 10.4. The molecule has 2 unspecified atom stereocenters. The highest BCUT2D eigenvalue weighted by Gasteiger charge is 2.30. The van der Waals surface area contributed by atoms with E-state index >= 15 is 0 Å². The normalized spacial score (nSPS) is 15.1. The Kier molecular flexibility index (Phi) is 12.8. The minimum Gasteiger partial charge on any atom is -0.461 e. The van der Waals surface area contributed by atoms with Crippen LogP contribution in [-0.2, 0) is 21.3 Å². The second-order valence-electron chi connectivity index (χ2n) is 11.5. The van der Waals surface area contributed by atoms with Crippen LogP contribution in [0.2, 0.25) is 0 Å². The summed E-state index contributed by atoms with van der Waals surface area (Å²) in [7, 11) is 1.60. The highest BCUT2D eigenvalue weighted by atomic mass is 32.4. The number of ether oxygens (including phenoxy) is 1. The lowest BCUT2D eigenvalue weighted by Crippen LogP contribution is -2.38. The molecule has 1 saturated carbocycles. The van der Waals surface area contributed by atoms with Crippen molar-refractivity contribution in [1.82, 2.24) is 15.4 Å². The zero-order valence-corrected chi connectivity index (χ0v) is 30.0. The van der Waals surface area contributed by atoms with Crippen molar-refractivity contribution in [2.24, 2.45) is 0 Å². The molecule has 0 spiro atoms. The van der Waals surface area contributed by atoms with Gasteiger partial charge in [-0.25, -0.2) is 5.09 Å². The molecule has 1 aromatic heterocycles. The van der Waals surface area contributed by atoms with Gasteiger partial charge in [0.15, 0.2) is 0 Å². The molecular weight excluding hydrogens is 674 g/mol. The number of esters is 1. The summed E-state index contributed by atoms with van der Waals surface area (Å²) in [6, 6.07) is 27.0. The lowest BCUT2D eigenvalue weighted by atomic mass is 9.98. The molecule has 0 bridgehead atoms. The number of benzene rings is 3. The van der Waals surface area contributed by atoms with Crippen molar-refractivity contribution < 1.29 is 18.8 Å². The van der Waals surface area contributed by atoms with Crippen molar-refractivity contribution in [3.8, 4) is 5.75 Å². The van der Waals surface area contributed by atoms with Gasteiger partial charge in [-0.05, 0) is 111 Å². The van der Waals surface area contributed by atoms with Crippen molar-refractivity contribution in [3.63, 3.8) is 0 Å². The van der Waals surface area contributed by atoms with E-state index in [0.717, 1.165) is 41.9 Å². The predicted molar refractivity (Wildman–Crippen MR) is 201 cm³/mol. The van der Waals surface area contributed by atoms with E-state index in [0.29, 0.717) is 28.3 Å². The molecule has 2 atom stereocenters. The maximum absolute atomic E-state index is 13.3. The number of rotatable bonds is 14. The standard InChI is InChI=1S/C37H40N5O4PS2/c1-26(37(44)45-28-14-5-3-6-15-28)41-47(48,46-29-16-7-4-8-17-29)42-34-25-30(49-35-19-10-9-18-32(35)36(43)39-2)21-22-31(34)33(38)23-20-27-13-11-12-24-40-27/h4,7-13,16-26,28,38H,3,5-6,14-15H2,1-2H3,(H,39,43)(H2,41,42,48)/b23-20+,38-33?. The summed E-state index contributed by atoms with van der Waals surface area (Å²) in [5.74, 6) is -0.0547. The van der Waals surface area contributed by atoms with Crippen LogP contribution in [0.3, 0.4) is 0 Å². The van der Waals surface area contributed by atoms with Crippen LogP contribution in [-0.4, -0.2) is 41.8 Å². The highest BCUT2D eigenvalue weighted by molar-refractivity contribution is 8.12. The minimum atomic E-state index is -3.28. The van der Waals surface area contributed by atoms with Crippen molar-refractivity contribution in [3.05, 3.63) is 120 Å². The second-order valence-corrected chi connectivity index (χ2v) is 15.9. The molecule has 0 radical (unpaired) electrons. The molecule has 49 heavy (non-hydrogen) atoms. The zero-order valence-electron chi connectivity index (χ0n) is 27.4. The Hall–Kier alpha value is -4.28. The molecule has 4 N–H and O–H groups in total. The van der Waals surface area contributed by atoms with Gasteiger partial charge in [-0.1, -0.05) is 54.6 Å². The van der Waals surface area contributed by atoms with Crippen LogP contribution < -0.4 is 20.0 Å². The van der Waals surface area contributed by atoms with Gasteiger partial charge in [-0.15, -0.1) is 0 Å². The van der Waals surface area contributed by atoms with Gasteiger partial charge in [0.1, 0.15) is 17.9 Å². The van der Waals surface area contributed by atoms with Crippen LogP contribution in [0, 0.1) is 5.41 Å². The Bertz CT molecular complexity index is 1840. The third-order valence-electron chi connectivity index (χ3n) is 7.77. The fraction of sp³-hybridized carbons (Fsp3) is 0.243. The molecule has 5 rings (SSSR count). The average Bonchev–Trinajstić information content (AvgIpc) is 3.11. The Balaban J connectivity index is 1.49. The maximum atomic E-state index is 13.3. The average molecular weight is 714 g/mol. The Morgan fingerprint density at radius 1 is 0.980 bits per heavy atom. The van der Waals surface area contributed by atoms with Crippen LogP contribution in [0.1, 0.15) is 60.6 Å². The molecule has 0 saturated heterocycles. The highest BCUT2D eigenvalue weighted by Crippen LogP contribution is 2.46. The summed E-state index contributed by atoms with van der Waals surface area (Å²) < 4.78 is 12.3. The van der Waals surface area contributed by atoms with Crippen molar-refractivity contribution >= 4 is 59.5 Å². The number of carbonyl (C=O) groups is 2. The van der Waals surface area contributed by atoms with Gasteiger partial charge in [0.25, 0.3) is 12.5 Å². The minimum absolute atomic E-state index is 0.101. The van der Waals surface area contributed by atoms with Crippen LogP contribution >= 0.6 is 18.3 Å². The van der Waals surface area contributed by atoms with Crippen molar-refractivity contribution in [1.29, 1.82) is 5.41 Å². The summed E-state index contributed by atoms with van der Waals surface area (Å²) >= 11 is 7.61. The molecular formula is C37H40N5O4PS2. The first-order chi connectivity index (χ1) is 23.7. The second kappa shape index (κ2) is 17.4. The Morgan fingerprint density at radius 3 is 2.45 bits per heavy atom. The lowest BCUT2D eigenvalue weighted by Gasteiger charge is -2.30. The van der Waals surface area contributed by atoms with Gasteiger partial charge >= 0.3 is 5.97 Å². The molecule has 1 amide bonds. The molecule has 254 valence electrons. The number of nitrogens with one attached hydrogen (secondary N) is 4. The SMILES string of the molecule is CNC(=O)c1ccccc1Sc1ccc(C(=N)/C=C/c2ccccn2)c(NP(=S)(NC(C)C(=O)OC2CCCCC2)Oc2ccccc2)c1. The zero-order chi connectivity index (χ0) is 34.6. The molecule has 12 heteroatoms. The summed E-state index contributed by atoms with van der Waals surface area (Å²) in [6.07, 6.45) is 10.00. The fourth-order valence-electron chi connectivity index (χ4n) is 5.28. The largest absolute Gasteiger partial charge is 0.461 e. The monoisotopic (exact) mass is 713 g/mol. The third-order valence-corrected chi connectivity index (χ3v) is 11.4. The first-order valence-corrected chi connectivity index (χ1v) is 19.7. The number of nitrogens with zero attached hydrogens (tertiary/aromatic N) is 1. The molecule has 1 heterocycles. The van der Waals surface area contributed by atoms with Gasteiger partial charge in [-0.3, -0.25) is 14.6 Å². The number of amides is 1. The van der Waals surface area contributed by atoms with E-state index in [2.05, 4.69) is 20.5 Å². The van der Waals surface area contributed by atoms with Gasteiger partial charge in [0.2, 0.25) is 0 Å². The number of hydrogen-bond acceptors (Lipinski definition) is 8. The van der Waals surface area contributed by atoms with Crippen molar-refractivity contribution in [2.45, 2.75) is 61.0 Å². The number of para-hydroxylation sites is 1. The van der Waals surface area contributed by atoms with E-state index < -0.39 is 12.6 Å². The summed E-state index contributed by atoms with van der Waals surface area (Å²) in [5.41, 5.74) is 2.55. The molecule has 4 aromatic rings. The van der Waals surface area contributed by atoms with Crippen LogP contribution in [0.25, 0.3) is 6.08 Å². The van der Waals surface area contributed by atoms with E-state index in [1.165, 1.54) is 11.8 Å². The molecule has 1 aliphatic rings. The predicted octanol–water partition coefficient (Wildman–Crippen LogP) is 8.24. The summed E-state index contributed by atoms with van der Waals surface area (Å²) in [6.45, 7) is -1.55. The first kappa shape index (κ1) is 36.0. The number of hydrogen-bond donors (Lipinski definition) is 4. The molecule has 3 aromatic carbocycles. The number of pyridine rings is 1. The van der Waals surface area contributed by atoms with E-state index in [9.17, 15) is 9.59 Å². The van der Waals surface area contributed by atoms with Gasteiger partial charge in [-0.2, -0.15) is 0 Å². The number of allylic oxidation sites excluding steroid dienone is 1. The maximum Gasteiger partial charge on any atom is 0.323 e. The van der Waals surface area contributed by atoms with E-state index in [-0.39, 0.29) is 23.7 Å².